The van der Waals surface area contributed by atoms with Gasteiger partial charge in [-0.25, -0.2) is 0 Å². The third-order valence-electron chi connectivity index (χ3n) is 3.40. The Morgan fingerprint density at radius 3 is 2.94 bits per heavy atom. The zero-order chi connectivity index (χ0) is 12.2. The van der Waals surface area contributed by atoms with Gasteiger partial charge in [0.25, 0.3) is 0 Å². The summed E-state index contributed by atoms with van der Waals surface area (Å²) >= 11 is 0. The second-order valence-electron chi connectivity index (χ2n) is 4.96. The zero-order valence-corrected chi connectivity index (χ0v) is 10.3. The summed E-state index contributed by atoms with van der Waals surface area (Å²) < 4.78 is 0. The van der Waals surface area contributed by atoms with E-state index in [4.69, 9.17) is 12.2 Å². The molecule has 1 amide bonds. The van der Waals surface area contributed by atoms with Crippen LogP contribution in [0.2, 0.25) is 0 Å². The Morgan fingerprint density at radius 2 is 2.44 bits per heavy atom. The Bertz CT molecular complexity index is 295. The van der Waals surface area contributed by atoms with Crippen LogP contribution in [-0.2, 0) is 4.79 Å². The molecule has 0 aromatic carbocycles. The molecule has 3 atom stereocenters. The molecule has 3 unspecified atom stereocenters. The lowest BCUT2D eigenvalue weighted by atomic mass is 9.76. The molecule has 0 aromatic rings. The predicted octanol–water partition coefficient (Wildman–Crippen LogP) is 1.42. The van der Waals surface area contributed by atoms with Crippen molar-refractivity contribution in [3.63, 3.8) is 0 Å². The van der Waals surface area contributed by atoms with Gasteiger partial charge in [0.2, 0.25) is 5.91 Å². The van der Waals surface area contributed by atoms with Crippen molar-refractivity contribution >= 4 is 5.91 Å². The lowest BCUT2D eigenvalue weighted by Gasteiger charge is -2.35. The maximum absolute atomic E-state index is 12.1. The summed E-state index contributed by atoms with van der Waals surface area (Å²) in [7, 11) is 0. The third-order valence-corrected chi connectivity index (χ3v) is 3.40. The first-order valence-corrected chi connectivity index (χ1v) is 6.08. The Balaban J connectivity index is 2.61. The van der Waals surface area contributed by atoms with E-state index in [9.17, 15) is 4.79 Å². The molecular weight excluding hydrogens is 200 g/mol. The van der Waals surface area contributed by atoms with E-state index in [1.807, 2.05) is 6.92 Å². The van der Waals surface area contributed by atoms with E-state index in [1.165, 1.54) is 6.42 Å². The van der Waals surface area contributed by atoms with Gasteiger partial charge in [-0.2, -0.15) is 0 Å². The smallest absolute Gasteiger partial charge is 0.241 e. The first kappa shape index (κ1) is 13.1. The highest BCUT2D eigenvalue weighted by atomic mass is 16.2. The molecule has 0 saturated heterocycles. The van der Waals surface area contributed by atoms with E-state index in [0.717, 1.165) is 25.7 Å². The number of hydrogen-bond acceptors (Lipinski definition) is 2. The molecule has 0 bridgehead atoms. The second-order valence-corrected chi connectivity index (χ2v) is 4.96. The van der Waals surface area contributed by atoms with Crippen molar-refractivity contribution in [3.8, 4) is 12.3 Å². The minimum atomic E-state index is -0.706. The van der Waals surface area contributed by atoms with Crippen LogP contribution in [0.1, 0.15) is 46.0 Å². The Morgan fingerprint density at radius 1 is 1.75 bits per heavy atom. The van der Waals surface area contributed by atoms with Crippen LogP contribution in [0.3, 0.4) is 0 Å². The molecule has 0 spiro atoms. The first-order chi connectivity index (χ1) is 7.51. The molecule has 0 aromatic heterocycles. The fourth-order valence-corrected chi connectivity index (χ4v) is 2.36. The van der Waals surface area contributed by atoms with E-state index in [0.29, 0.717) is 5.92 Å². The van der Waals surface area contributed by atoms with E-state index < -0.39 is 5.54 Å². The van der Waals surface area contributed by atoms with Crippen molar-refractivity contribution in [2.75, 3.05) is 0 Å². The average Bonchev–Trinajstić information content (AvgIpc) is 2.25. The van der Waals surface area contributed by atoms with Crippen LogP contribution in [0.15, 0.2) is 0 Å². The number of nitrogens with two attached hydrogens (primary N) is 1. The van der Waals surface area contributed by atoms with Crippen molar-refractivity contribution < 1.29 is 4.79 Å². The molecule has 0 heterocycles. The Hall–Kier alpha value is -1.01. The van der Waals surface area contributed by atoms with Crippen LogP contribution in [0, 0.1) is 18.3 Å². The average molecular weight is 222 g/mol. The summed E-state index contributed by atoms with van der Waals surface area (Å²) in [6, 6.07) is -0.190. The van der Waals surface area contributed by atoms with Crippen LogP contribution in [0.25, 0.3) is 0 Å². The molecular formula is C13H22N2O. The molecule has 3 N–H and O–H groups in total. The minimum Gasteiger partial charge on any atom is -0.341 e. The standard InChI is InChI=1S/C13H22N2O/c1-4-11(5-2)15-12(16)13(14)8-6-7-10(3)9-13/h1,10-11H,5-9,14H2,2-3H3,(H,15,16). The summed E-state index contributed by atoms with van der Waals surface area (Å²) in [5, 5.41) is 2.85. The number of rotatable bonds is 3. The van der Waals surface area contributed by atoms with E-state index in [1.54, 1.807) is 0 Å². The highest BCUT2D eigenvalue weighted by molar-refractivity contribution is 5.86. The molecule has 90 valence electrons. The topological polar surface area (TPSA) is 55.1 Å². The van der Waals surface area contributed by atoms with Gasteiger partial charge in [-0.1, -0.05) is 32.6 Å². The number of nitrogens with one attached hydrogen (secondary N) is 1. The molecule has 0 aliphatic heterocycles. The number of terminal acetylenes is 1. The SMILES string of the molecule is C#CC(CC)NC(=O)C1(N)CCCC(C)C1. The van der Waals surface area contributed by atoms with Gasteiger partial charge in [0.05, 0.1) is 11.6 Å². The molecule has 0 radical (unpaired) electrons. The Kier molecular flexibility index (Phi) is 4.37. The van der Waals surface area contributed by atoms with Crippen molar-refractivity contribution in [2.24, 2.45) is 11.7 Å². The second kappa shape index (κ2) is 5.36. The van der Waals surface area contributed by atoms with Gasteiger partial charge in [-0.3, -0.25) is 4.79 Å². The van der Waals surface area contributed by atoms with Crippen LogP contribution >= 0.6 is 0 Å². The van der Waals surface area contributed by atoms with Gasteiger partial charge in [0, 0.05) is 0 Å². The molecule has 3 heteroatoms. The summed E-state index contributed by atoms with van der Waals surface area (Å²) in [5.74, 6) is 3.01. The fourth-order valence-electron chi connectivity index (χ4n) is 2.36. The summed E-state index contributed by atoms with van der Waals surface area (Å²) in [6.45, 7) is 4.10. The zero-order valence-electron chi connectivity index (χ0n) is 10.3. The number of amides is 1. The minimum absolute atomic E-state index is 0.0798. The molecule has 16 heavy (non-hydrogen) atoms. The summed E-state index contributed by atoms with van der Waals surface area (Å²) in [6.07, 6.45) is 9.79. The summed E-state index contributed by atoms with van der Waals surface area (Å²) in [5.41, 5.74) is 5.46. The molecule has 1 rings (SSSR count). The van der Waals surface area contributed by atoms with Crippen LogP contribution in [0.5, 0.6) is 0 Å². The molecule has 1 fully saturated rings. The van der Waals surface area contributed by atoms with Crippen LogP contribution < -0.4 is 11.1 Å². The van der Waals surface area contributed by atoms with Gasteiger partial charge in [-0.05, 0) is 25.2 Å². The monoisotopic (exact) mass is 222 g/mol. The number of carbonyl (C=O) groups excluding carboxylic acids is 1. The van der Waals surface area contributed by atoms with Gasteiger partial charge < -0.3 is 11.1 Å². The normalized spacial score (nSPS) is 31.5. The highest BCUT2D eigenvalue weighted by Gasteiger charge is 2.38. The van der Waals surface area contributed by atoms with Gasteiger partial charge in [0.15, 0.2) is 0 Å². The predicted molar refractivity (Wildman–Crippen MR) is 65.6 cm³/mol. The van der Waals surface area contributed by atoms with Crippen molar-refractivity contribution in [3.05, 3.63) is 0 Å². The van der Waals surface area contributed by atoms with Gasteiger partial charge in [0.1, 0.15) is 0 Å². The van der Waals surface area contributed by atoms with Crippen LogP contribution in [-0.4, -0.2) is 17.5 Å². The maximum atomic E-state index is 12.1. The fraction of sp³-hybridized carbons (Fsp3) is 0.769. The first-order valence-electron chi connectivity index (χ1n) is 6.08. The van der Waals surface area contributed by atoms with E-state index in [2.05, 4.69) is 18.2 Å². The number of hydrogen-bond donors (Lipinski definition) is 2. The Labute approximate surface area is 98.2 Å². The van der Waals surface area contributed by atoms with Crippen molar-refractivity contribution in [2.45, 2.75) is 57.5 Å². The van der Waals surface area contributed by atoms with Crippen molar-refractivity contribution in [1.82, 2.24) is 5.32 Å². The van der Waals surface area contributed by atoms with E-state index >= 15 is 0 Å². The van der Waals surface area contributed by atoms with Gasteiger partial charge >= 0.3 is 0 Å². The molecule has 1 aliphatic rings. The number of carbonyl (C=O) groups is 1. The lowest BCUT2D eigenvalue weighted by molar-refractivity contribution is -0.128. The molecule has 3 nitrogen and oxygen atoms in total. The van der Waals surface area contributed by atoms with Gasteiger partial charge in [-0.15, -0.1) is 6.42 Å². The van der Waals surface area contributed by atoms with E-state index in [-0.39, 0.29) is 11.9 Å². The maximum Gasteiger partial charge on any atom is 0.241 e. The molecule has 1 aliphatic carbocycles. The summed E-state index contributed by atoms with van der Waals surface area (Å²) in [4.78, 5) is 12.1. The lowest BCUT2D eigenvalue weighted by Crippen LogP contribution is -2.57. The largest absolute Gasteiger partial charge is 0.341 e. The molecule has 1 saturated carbocycles. The highest BCUT2D eigenvalue weighted by Crippen LogP contribution is 2.30. The van der Waals surface area contributed by atoms with Crippen LogP contribution in [0.4, 0.5) is 0 Å². The van der Waals surface area contributed by atoms with Crippen molar-refractivity contribution in [1.29, 1.82) is 0 Å². The third kappa shape index (κ3) is 2.99. The quantitative estimate of drug-likeness (QED) is 0.710.